The minimum Gasteiger partial charge on any atom is -0.497 e. The zero-order chi connectivity index (χ0) is 16.1. The molecule has 1 aromatic heterocycles. The fraction of sp³-hybridized carbons (Fsp3) is 0.250. The smallest absolute Gasteiger partial charge is 0.244 e. The van der Waals surface area contributed by atoms with E-state index in [-0.39, 0.29) is 5.91 Å². The number of nitrogens with one attached hydrogen (secondary N) is 1. The van der Waals surface area contributed by atoms with E-state index < -0.39 is 6.04 Å². The number of imidazole rings is 1. The van der Waals surface area contributed by atoms with Crippen LogP contribution in [0.4, 0.5) is 0 Å². The second-order valence-electron chi connectivity index (χ2n) is 4.69. The van der Waals surface area contributed by atoms with Crippen molar-refractivity contribution in [3.8, 4) is 11.5 Å². The third kappa shape index (κ3) is 3.28. The number of methoxy groups -OCH3 is 2. The van der Waals surface area contributed by atoms with Gasteiger partial charge in [-0.2, -0.15) is 0 Å². The van der Waals surface area contributed by atoms with Gasteiger partial charge in [0.2, 0.25) is 5.91 Å². The van der Waals surface area contributed by atoms with Gasteiger partial charge in [-0.15, -0.1) is 0 Å². The molecular weight excluding hydrogens is 282 g/mol. The highest BCUT2D eigenvalue weighted by Gasteiger charge is 2.21. The predicted molar refractivity (Wildman–Crippen MR) is 82.9 cm³/mol. The Hall–Kier alpha value is -2.76. The van der Waals surface area contributed by atoms with Crippen LogP contribution >= 0.6 is 0 Å². The third-order valence-corrected chi connectivity index (χ3v) is 3.30. The number of nitrogens with zero attached hydrogens (tertiary/aromatic N) is 2. The number of aromatic nitrogens is 2. The van der Waals surface area contributed by atoms with Crippen LogP contribution in [0.25, 0.3) is 0 Å². The molecule has 1 atom stereocenters. The molecule has 1 N–H and O–H groups in total. The summed E-state index contributed by atoms with van der Waals surface area (Å²) in [5.74, 6) is 1.70. The number of carbonyl (C=O) groups is 1. The van der Waals surface area contributed by atoms with Gasteiger partial charge in [-0.05, 0) is 23.8 Å². The van der Waals surface area contributed by atoms with E-state index in [0.29, 0.717) is 17.3 Å². The first-order valence-corrected chi connectivity index (χ1v) is 6.72. The molecule has 2 aromatic rings. The fourth-order valence-electron chi connectivity index (χ4n) is 2.15. The number of rotatable bonds is 6. The van der Waals surface area contributed by atoms with Crippen molar-refractivity contribution in [2.75, 3.05) is 14.2 Å². The molecule has 0 radical (unpaired) electrons. The van der Waals surface area contributed by atoms with Crippen molar-refractivity contribution in [1.82, 2.24) is 14.9 Å². The first-order chi connectivity index (χ1) is 10.6. The van der Waals surface area contributed by atoms with Gasteiger partial charge in [0.25, 0.3) is 0 Å². The summed E-state index contributed by atoms with van der Waals surface area (Å²) in [6, 6.07) is 5.01. The first-order valence-electron chi connectivity index (χ1n) is 6.72. The van der Waals surface area contributed by atoms with Crippen molar-refractivity contribution < 1.29 is 14.3 Å². The summed E-state index contributed by atoms with van der Waals surface area (Å²) in [5, 5.41) is 2.88. The Kier molecular flexibility index (Phi) is 4.83. The van der Waals surface area contributed by atoms with Crippen molar-refractivity contribution >= 4 is 5.91 Å². The van der Waals surface area contributed by atoms with E-state index in [9.17, 15) is 4.79 Å². The molecular formula is C16H19N3O3. The normalized spacial score (nSPS) is 11.6. The summed E-state index contributed by atoms with van der Waals surface area (Å²) in [6.45, 7) is 3.49. The molecule has 1 heterocycles. The lowest BCUT2D eigenvalue weighted by Gasteiger charge is -2.19. The summed E-state index contributed by atoms with van der Waals surface area (Å²) in [4.78, 5) is 16.1. The predicted octanol–water partition coefficient (Wildman–Crippen LogP) is 1.83. The standard InChI is InChI=1S/C16H19N3O3/c1-5-14(20)18-15(16-17-6-7-19(16)2)11-8-12(21-3)10-13(9-11)22-4/h5-10,15H,1H2,2-4H3,(H,18,20)/t15-/m1/s1. The van der Waals surface area contributed by atoms with Gasteiger partial charge in [-0.25, -0.2) is 4.98 Å². The van der Waals surface area contributed by atoms with Crippen LogP contribution in [0.2, 0.25) is 0 Å². The Bertz CT molecular complexity index is 657. The van der Waals surface area contributed by atoms with Crippen LogP contribution in [-0.2, 0) is 11.8 Å². The monoisotopic (exact) mass is 301 g/mol. The van der Waals surface area contributed by atoms with E-state index in [1.165, 1.54) is 6.08 Å². The van der Waals surface area contributed by atoms with Crippen LogP contribution in [-0.4, -0.2) is 29.7 Å². The Morgan fingerprint density at radius 1 is 1.32 bits per heavy atom. The second kappa shape index (κ2) is 6.80. The zero-order valence-electron chi connectivity index (χ0n) is 12.9. The van der Waals surface area contributed by atoms with Gasteiger partial charge in [-0.1, -0.05) is 6.58 Å². The highest BCUT2D eigenvalue weighted by molar-refractivity contribution is 5.87. The topological polar surface area (TPSA) is 65.4 Å². The minimum absolute atomic E-state index is 0.283. The third-order valence-electron chi connectivity index (χ3n) is 3.30. The maximum atomic E-state index is 11.8. The van der Waals surface area contributed by atoms with Crippen molar-refractivity contribution in [3.63, 3.8) is 0 Å². The Balaban J connectivity index is 2.51. The summed E-state index contributed by atoms with van der Waals surface area (Å²) in [5.41, 5.74) is 0.806. The molecule has 116 valence electrons. The van der Waals surface area contributed by atoms with Crippen molar-refractivity contribution in [3.05, 3.63) is 54.6 Å². The van der Waals surface area contributed by atoms with Crippen LogP contribution < -0.4 is 14.8 Å². The number of hydrogen-bond donors (Lipinski definition) is 1. The van der Waals surface area contributed by atoms with E-state index in [2.05, 4.69) is 16.9 Å². The molecule has 1 amide bonds. The Morgan fingerprint density at radius 2 is 1.95 bits per heavy atom. The lowest BCUT2D eigenvalue weighted by atomic mass is 10.0. The highest BCUT2D eigenvalue weighted by Crippen LogP contribution is 2.29. The summed E-state index contributed by atoms with van der Waals surface area (Å²) in [6.07, 6.45) is 4.73. The molecule has 0 spiro atoms. The minimum atomic E-state index is -0.436. The molecule has 0 aliphatic heterocycles. The van der Waals surface area contributed by atoms with Crippen LogP contribution in [0.15, 0.2) is 43.2 Å². The summed E-state index contributed by atoms with van der Waals surface area (Å²) >= 11 is 0. The number of benzene rings is 1. The second-order valence-corrected chi connectivity index (χ2v) is 4.69. The number of carbonyl (C=O) groups excluding carboxylic acids is 1. The first kappa shape index (κ1) is 15.6. The van der Waals surface area contributed by atoms with Gasteiger partial charge in [0.1, 0.15) is 23.4 Å². The van der Waals surface area contributed by atoms with Crippen molar-refractivity contribution in [2.45, 2.75) is 6.04 Å². The lowest BCUT2D eigenvalue weighted by Crippen LogP contribution is -2.29. The van der Waals surface area contributed by atoms with Crippen LogP contribution in [0.5, 0.6) is 11.5 Å². The Labute approximate surface area is 129 Å². The molecule has 0 saturated carbocycles. The molecule has 0 aliphatic rings. The molecule has 2 rings (SSSR count). The molecule has 0 bridgehead atoms. The maximum absolute atomic E-state index is 11.8. The van der Waals surface area contributed by atoms with Crippen molar-refractivity contribution in [1.29, 1.82) is 0 Å². The van der Waals surface area contributed by atoms with Gasteiger partial charge in [-0.3, -0.25) is 4.79 Å². The SMILES string of the molecule is C=CC(=O)N[C@H](c1cc(OC)cc(OC)c1)c1nccn1C. The van der Waals surface area contributed by atoms with E-state index in [4.69, 9.17) is 9.47 Å². The van der Waals surface area contributed by atoms with E-state index in [1.54, 1.807) is 26.5 Å². The van der Waals surface area contributed by atoms with Gasteiger partial charge in [0.15, 0.2) is 0 Å². The molecule has 0 fully saturated rings. The fourth-order valence-corrected chi connectivity index (χ4v) is 2.15. The number of amides is 1. The maximum Gasteiger partial charge on any atom is 0.244 e. The number of aryl methyl sites for hydroxylation is 1. The molecule has 6 heteroatoms. The van der Waals surface area contributed by atoms with E-state index >= 15 is 0 Å². The van der Waals surface area contributed by atoms with Gasteiger partial charge >= 0.3 is 0 Å². The average molecular weight is 301 g/mol. The van der Waals surface area contributed by atoms with E-state index in [0.717, 1.165) is 5.56 Å². The zero-order valence-corrected chi connectivity index (χ0v) is 12.9. The van der Waals surface area contributed by atoms with Gasteiger partial charge < -0.3 is 19.4 Å². The van der Waals surface area contributed by atoms with Crippen molar-refractivity contribution in [2.24, 2.45) is 7.05 Å². The number of hydrogen-bond acceptors (Lipinski definition) is 4. The lowest BCUT2D eigenvalue weighted by molar-refractivity contribution is -0.117. The highest BCUT2D eigenvalue weighted by atomic mass is 16.5. The largest absolute Gasteiger partial charge is 0.497 e. The number of ether oxygens (including phenoxy) is 2. The molecule has 6 nitrogen and oxygen atoms in total. The van der Waals surface area contributed by atoms with Crippen LogP contribution in [0.1, 0.15) is 17.4 Å². The molecule has 1 aromatic carbocycles. The van der Waals surface area contributed by atoms with Crippen LogP contribution in [0.3, 0.4) is 0 Å². The van der Waals surface area contributed by atoms with Gasteiger partial charge in [0, 0.05) is 25.5 Å². The summed E-state index contributed by atoms with van der Waals surface area (Å²) < 4.78 is 12.4. The molecule has 0 aliphatic carbocycles. The molecule has 0 saturated heterocycles. The van der Waals surface area contributed by atoms with E-state index in [1.807, 2.05) is 29.9 Å². The molecule has 22 heavy (non-hydrogen) atoms. The molecule has 0 unspecified atom stereocenters. The van der Waals surface area contributed by atoms with Gasteiger partial charge in [0.05, 0.1) is 14.2 Å². The van der Waals surface area contributed by atoms with Crippen LogP contribution in [0, 0.1) is 0 Å². The quantitative estimate of drug-likeness (QED) is 0.827. The summed E-state index contributed by atoms with van der Waals surface area (Å²) in [7, 11) is 5.03. The average Bonchev–Trinajstić information content (AvgIpc) is 2.97. The Morgan fingerprint density at radius 3 is 2.41 bits per heavy atom.